The molecule has 0 radical (unpaired) electrons. The van der Waals surface area contributed by atoms with Gasteiger partial charge in [-0.05, 0) is 11.6 Å². The lowest BCUT2D eigenvalue weighted by Gasteiger charge is -2.22. The van der Waals surface area contributed by atoms with Gasteiger partial charge in [0.05, 0.1) is 6.61 Å². The van der Waals surface area contributed by atoms with Crippen LogP contribution < -0.4 is 4.90 Å². The number of anilines is 1. The number of benzene rings is 1. The van der Waals surface area contributed by atoms with Crippen LogP contribution in [0.4, 0.5) is 5.95 Å². The van der Waals surface area contributed by atoms with Gasteiger partial charge in [0.2, 0.25) is 5.95 Å². The van der Waals surface area contributed by atoms with Crippen LogP contribution in [0.3, 0.4) is 0 Å². The number of methoxy groups -OCH3 is 1. The molecule has 2 rings (SSSR count). The Morgan fingerprint density at radius 3 is 2.44 bits per heavy atom. The van der Waals surface area contributed by atoms with Crippen LogP contribution in [0.2, 0.25) is 0 Å². The molecule has 1 aromatic heterocycles. The smallest absolute Gasteiger partial charge is 0.225 e. The van der Waals surface area contributed by atoms with Crippen molar-refractivity contribution in [3.05, 3.63) is 54.4 Å². The molecule has 0 aliphatic rings. The monoisotopic (exact) mass is 243 g/mol. The third kappa shape index (κ3) is 3.53. The van der Waals surface area contributed by atoms with Crippen molar-refractivity contribution < 1.29 is 4.74 Å². The van der Waals surface area contributed by atoms with E-state index in [1.807, 2.05) is 24.3 Å². The van der Waals surface area contributed by atoms with Gasteiger partial charge in [-0.1, -0.05) is 30.3 Å². The maximum Gasteiger partial charge on any atom is 0.225 e. The van der Waals surface area contributed by atoms with Crippen molar-refractivity contribution in [2.45, 2.75) is 6.54 Å². The van der Waals surface area contributed by atoms with Crippen LogP contribution >= 0.6 is 0 Å². The second kappa shape index (κ2) is 6.71. The van der Waals surface area contributed by atoms with E-state index in [1.165, 1.54) is 5.56 Å². The molecule has 0 aliphatic heterocycles. The molecule has 0 spiro atoms. The molecule has 0 amide bonds. The number of hydrogen-bond acceptors (Lipinski definition) is 4. The molecule has 18 heavy (non-hydrogen) atoms. The van der Waals surface area contributed by atoms with E-state index in [9.17, 15) is 0 Å². The zero-order chi connectivity index (χ0) is 12.6. The molecule has 0 saturated heterocycles. The number of nitrogens with zero attached hydrogens (tertiary/aromatic N) is 3. The van der Waals surface area contributed by atoms with E-state index in [2.05, 4.69) is 27.0 Å². The Labute approximate surface area is 107 Å². The summed E-state index contributed by atoms with van der Waals surface area (Å²) in [6, 6.07) is 12.1. The van der Waals surface area contributed by atoms with Crippen LogP contribution in [0.15, 0.2) is 48.8 Å². The first-order valence-electron chi connectivity index (χ1n) is 5.95. The predicted octanol–water partition coefficient (Wildman–Crippen LogP) is 2.13. The molecular weight excluding hydrogens is 226 g/mol. The van der Waals surface area contributed by atoms with Crippen LogP contribution in [0.5, 0.6) is 0 Å². The van der Waals surface area contributed by atoms with E-state index >= 15 is 0 Å². The lowest BCUT2D eigenvalue weighted by molar-refractivity contribution is 0.204. The molecule has 0 unspecified atom stereocenters. The number of rotatable bonds is 6. The highest BCUT2D eigenvalue weighted by atomic mass is 16.5. The van der Waals surface area contributed by atoms with Gasteiger partial charge < -0.3 is 9.64 Å². The standard InChI is InChI=1S/C14H17N3O/c1-18-11-10-17(14-15-8-5-9-16-14)12-13-6-3-2-4-7-13/h2-9H,10-12H2,1H3. The molecule has 94 valence electrons. The average Bonchev–Trinajstić information content (AvgIpc) is 2.45. The van der Waals surface area contributed by atoms with Gasteiger partial charge in [0.25, 0.3) is 0 Å². The van der Waals surface area contributed by atoms with Crippen molar-refractivity contribution in [3.8, 4) is 0 Å². The molecule has 0 N–H and O–H groups in total. The van der Waals surface area contributed by atoms with E-state index in [4.69, 9.17) is 4.74 Å². The molecule has 0 atom stereocenters. The maximum atomic E-state index is 5.13. The van der Waals surface area contributed by atoms with Crippen molar-refractivity contribution >= 4 is 5.95 Å². The summed E-state index contributed by atoms with van der Waals surface area (Å²) in [5.41, 5.74) is 1.24. The van der Waals surface area contributed by atoms with Gasteiger partial charge in [-0.3, -0.25) is 0 Å². The zero-order valence-electron chi connectivity index (χ0n) is 10.5. The minimum absolute atomic E-state index is 0.658. The molecule has 4 nitrogen and oxygen atoms in total. The Bertz CT molecular complexity index is 447. The lowest BCUT2D eigenvalue weighted by atomic mass is 10.2. The fourth-order valence-corrected chi connectivity index (χ4v) is 1.71. The molecule has 1 heterocycles. The number of hydrogen-bond donors (Lipinski definition) is 0. The number of aromatic nitrogens is 2. The van der Waals surface area contributed by atoms with E-state index in [0.29, 0.717) is 6.61 Å². The second-order valence-electron chi connectivity index (χ2n) is 3.95. The van der Waals surface area contributed by atoms with Crippen molar-refractivity contribution in [2.24, 2.45) is 0 Å². The van der Waals surface area contributed by atoms with Gasteiger partial charge in [0.1, 0.15) is 0 Å². The van der Waals surface area contributed by atoms with Crippen molar-refractivity contribution in [2.75, 3.05) is 25.2 Å². The van der Waals surface area contributed by atoms with Gasteiger partial charge in [-0.25, -0.2) is 9.97 Å². The van der Waals surface area contributed by atoms with E-state index in [1.54, 1.807) is 19.5 Å². The van der Waals surface area contributed by atoms with Gasteiger partial charge >= 0.3 is 0 Å². The van der Waals surface area contributed by atoms with Crippen LogP contribution in [0.1, 0.15) is 5.56 Å². The van der Waals surface area contributed by atoms with Gasteiger partial charge in [-0.15, -0.1) is 0 Å². The Balaban J connectivity index is 2.10. The molecule has 0 saturated carbocycles. The SMILES string of the molecule is COCCN(Cc1ccccc1)c1ncccn1. The fourth-order valence-electron chi connectivity index (χ4n) is 1.71. The minimum atomic E-state index is 0.658. The van der Waals surface area contributed by atoms with Crippen molar-refractivity contribution in [3.63, 3.8) is 0 Å². The highest BCUT2D eigenvalue weighted by Gasteiger charge is 2.09. The summed E-state index contributed by atoms with van der Waals surface area (Å²) < 4.78 is 5.13. The van der Waals surface area contributed by atoms with Crippen molar-refractivity contribution in [1.29, 1.82) is 0 Å². The van der Waals surface area contributed by atoms with Gasteiger partial charge in [-0.2, -0.15) is 0 Å². The quantitative estimate of drug-likeness (QED) is 0.779. The summed E-state index contributed by atoms with van der Waals surface area (Å²) in [6.45, 7) is 2.22. The summed E-state index contributed by atoms with van der Waals surface area (Å²) >= 11 is 0. The number of ether oxygens (including phenoxy) is 1. The largest absolute Gasteiger partial charge is 0.383 e. The summed E-state index contributed by atoms with van der Waals surface area (Å²) in [5, 5.41) is 0. The Morgan fingerprint density at radius 2 is 1.78 bits per heavy atom. The first-order chi connectivity index (χ1) is 8.90. The summed E-state index contributed by atoms with van der Waals surface area (Å²) in [6.07, 6.45) is 3.51. The highest BCUT2D eigenvalue weighted by Crippen LogP contribution is 2.10. The Hall–Kier alpha value is -1.94. The Morgan fingerprint density at radius 1 is 1.06 bits per heavy atom. The zero-order valence-corrected chi connectivity index (χ0v) is 10.5. The first kappa shape index (κ1) is 12.5. The summed E-state index contributed by atoms with van der Waals surface area (Å²) in [5.74, 6) is 0.735. The summed E-state index contributed by atoms with van der Waals surface area (Å²) in [4.78, 5) is 10.7. The molecule has 0 fully saturated rings. The molecule has 1 aromatic carbocycles. The first-order valence-corrected chi connectivity index (χ1v) is 5.95. The van der Waals surface area contributed by atoms with Crippen LogP contribution in [-0.2, 0) is 11.3 Å². The van der Waals surface area contributed by atoms with E-state index in [-0.39, 0.29) is 0 Å². The van der Waals surface area contributed by atoms with E-state index < -0.39 is 0 Å². The third-order valence-electron chi connectivity index (χ3n) is 2.62. The molecule has 2 aromatic rings. The Kier molecular flexibility index (Phi) is 4.67. The lowest BCUT2D eigenvalue weighted by Crippen LogP contribution is -2.28. The molecule has 0 bridgehead atoms. The molecular formula is C14H17N3O. The minimum Gasteiger partial charge on any atom is -0.383 e. The predicted molar refractivity (Wildman–Crippen MR) is 71.4 cm³/mol. The van der Waals surface area contributed by atoms with E-state index in [0.717, 1.165) is 19.0 Å². The normalized spacial score (nSPS) is 10.3. The average molecular weight is 243 g/mol. The van der Waals surface area contributed by atoms with Crippen LogP contribution in [0, 0.1) is 0 Å². The highest BCUT2D eigenvalue weighted by molar-refractivity contribution is 5.31. The fraction of sp³-hybridized carbons (Fsp3) is 0.286. The van der Waals surface area contributed by atoms with Crippen molar-refractivity contribution in [1.82, 2.24) is 9.97 Å². The molecule has 0 aliphatic carbocycles. The maximum absolute atomic E-state index is 5.13. The molecule has 4 heteroatoms. The van der Waals surface area contributed by atoms with Crippen LogP contribution in [-0.4, -0.2) is 30.2 Å². The van der Waals surface area contributed by atoms with Crippen LogP contribution in [0.25, 0.3) is 0 Å². The second-order valence-corrected chi connectivity index (χ2v) is 3.95. The van der Waals surface area contributed by atoms with Gasteiger partial charge in [0, 0.05) is 32.6 Å². The third-order valence-corrected chi connectivity index (χ3v) is 2.62. The topological polar surface area (TPSA) is 38.2 Å². The van der Waals surface area contributed by atoms with Gasteiger partial charge in [0.15, 0.2) is 0 Å². The summed E-state index contributed by atoms with van der Waals surface area (Å²) in [7, 11) is 1.70.